The van der Waals surface area contributed by atoms with E-state index in [1.54, 1.807) is 19.1 Å². The van der Waals surface area contributed by atoms with Crippen molar-refractivity contribution in [3.8, 4) is 0 Å². The highest BCUT2D eigenvalue weighted by molar-refractivity contribution is 9.10. The number of rotatable bonds is 7. The molecule has 0 aliphatic carbocycles. The second kappa shape index (κ2) is 7.52. The van der Waals surface area contributed by atoms with Crippen LogP contribution in [-0.2, 0) is 16.3 Å². The number of hydrogen-bond donors (Lipinski definition) is 1. The molecule has 1 aromatic rings. The second-order valence-electron chi connectivity index (χ2n) is 5.04. The standard InChI is InChI=1S/C14H21BrFNO2S/c1-4-7-17-14(10(2)20(3,18)19)8-11-5-6-12(15)9-13(11)16/h5-6,9-10,14,17H,4,7-8H2,1-3H3. The Hall–Kier alpha value is -0.460. The molecule has 6 heteroatoms. The van der Waals surface area contributed by atoms with E-state index in [-0.39, 0.29) is 11.9 Å². The summed E-state index contributed by atoms with van der Waals surface area (Å²) >= 11 is 3.21. The molecule has 0 bridgehead atoms. The summed E-state index contributed by atoms with van der Waals surface area (Å²) in [5.74, 6) is -0.316. The highest BCUT2D eigenvalue weighted by Gasteiger charge is 2.26. The zero-order chi connectivity index (χ0) is 15.3. The number of hydrogen-bond acceptors (Lipinski definition) is 3. The lowest BCUT2D eigenvalue weighted by Crippen LogP contribution is -2.44. The van der Waals surface area contributed by atoms with Crippen LogP contribution in [0.2, 0.25) is 0 Å². The van der Waals surface area contributed by atoms with Gasteiger partial charge in [-0.1, -0.05) is 28.9 Å². The molecule has 0 saturated heterocycles. The average Bonchev–Trinajstić information content (AvgIpc) is 2.35. The molecule has 0 radical (unpaired) electrons. The molecule has 2 atom stereocenters. The van der Waals surface area contributed by atoms with Crippen molar-refractivity contribution < 1.29 is 12.8 Å². The monoisotopic (exact) mass is 365 g/mol. The van der Waals surface area contributed by atoms with E-state index in [1.165, 1.54) is 12.3 Å². The highest BCUT2D eigenvalue weighted by Crippen LogP contribution is 2.18. The quantitative estimate of drug-likeness (QED) is 0.807. The van der Waals surface area contributed by atoms with E-state index in [0.717, 1.165) is 6.42 Å². The fraction of sp³-hybridized carbons (Fsp3) is 0.571. The zero-order valence-corrected chi connectivity index (χ0v) is 14.4. The van der Waals surface area contributed by atoms with Crippen molar-refractivity contribution >= 4 is 25.8 Å². The van der Waals surface area contributed by atoms with E-state index in [0.29, 0.717) is 23.0 Å². The Bertz CT molecular complexity index is 548. The molecule has 3 nitrogen and oxygen atoms in total. The Morgan fingerprint density at radius 2 is 2.05 bits per heavy atom. The van der Waals surface area contributed by atoms with Crippen LogP contribution in [-0.4, -0.2) is 32.5 Å². The van der Waals surface area contributed by atoms with Gasteiger partial charge in [0.05, 0.1) is 5.25 Å². The molecule has 0 saturated carbocycles. The van der Waals surface area contributed by atoms with Gasteiger partial charge >= 0.3 is 0 Å². The van der Waals surface area contributed by atoms with E-state index >= 15 is 0 Å². The van der Waals surface area contributed by atoms with E-state index < -0.39 is 15.1 Å². The van der Waals surface area contributed by atoms with Gasteiger partial charge in [-0.05, 0) is 44.0 Å². The molecule has 0 heterocycles. The smallest absolute Gasteiger partial charge is 0.151 e. The van der Waals surface area contributed by atoms with Gasteiger partial charge in [-0.15, -0.1) is 0 Å². The lowest BCUT2D eigenvalue weighted by molar-refractivity contribution is 0.473. The van der Waals surface area contributed by atoms with Crippen molar-refractivity contribution in [3.05, 3.63) is 34.1 Å². The van der Waals surface area contributed by atoms with Crippen molar-refractivity contribution in [2.24, 2.45) is 0 Å². The van der Waals surface area contributed by atoms with Gasteiger partial charge in [-0.2, -0.15) is 0 Å². The third kappa shape index (κ3) is 5.14. The van der Waals surface area contributed by atoms with Gasteiger partial charge in [0.2, 0.25) is 0 Å². The van der Waals surface area contributed by atoms with Crippen LogP contribution in [0, 0.1) is 5.82 Å². The molecule has 0 aromatic heterocycles. The maximum absolute atomic E-state index is 13.9. The first-order valence-corrected chi connectivity index (χ1v) is 9.36. The van der Waals surface area contributed by atoms with Crippen molar-refractivity contribution in [3.63, 3.8) is 0 Å². The minimum atomic E-state index is -3.17. The fourth-order valence-corrected chi connectivity index (χ4v) is 3.08. The maximum atomic E-state index is 13.9. The fourth-order valence-electron chi connectivity index (χ4n) is 1.96. The maximum Gasteiger partial charge on any atom is 0.151 e. The number of nitrogens with one attached hydrogen (secondary N) is 1. The van der Waals surface area contributed by atoms with E-state index in [9.17, 15) is 12.8 Å². The largest absolute Gasteiger partial charge is 0.312 e. The van der Waals surface area contributed by atoms with Crippen molar-refractivity contribution in [1.82, 2.24) is 5.32 Å². The lowest BCUT2D eigenvalue weighted by atomic mass is 10.0. The number of sulfone groups is 1. The molecule has 20 heavy (non-hydrogen) atoms. The van der Waals surface area contributed by atoms with E-state index in [4.69, 9.17) is 0 Å². The minimum absolute atomic E-state index is 0.291. The Labute approximate surface area is 129 Å². The van der Waals surface area contributed by atoms with Gasteiger partial charge in [-0.25, -0.2) is 12.8 Å². The summed E-state index contributed by atoms with van der Waals surface area (Å²) < 4.78 is 38.0. The Morgan fingerprint density at radius 1 is 1.40 bits per heavy atom. The average molecular weight is 366 g/mol. The summed E-state index contributed by atoms with van der Waals surface area (Å²) in [4.78, 5) is 0. The van der Waals surface area contributed by atoms with Crippen LogP contribution in [0.25, 0.3) is 0 Å². The minimum Gasteiger partial charge on any atom is -0.312 e. The van der Waals surface area contributed by atoms with Crippen molar-refractivity contribution in [2.75, 3.05) is 12.8 Å². The van der Waals surface area contributed by atoms with E-state index in [1.807, 2.05) is 6.92 Å². The first kappa shape index (κ1) is 17.6. The molecular weight excluding hydrogens is 345 g/mol. The number of halogens is 2. The highest BCUT2D eigenvalue weighted by atomic mass is 79.9. The van der Waals surface area contributed by atoms with Gasteiger partial charge in [0, 0.05) is 16.8 Å². The third-order valence-corrected chi connectivity index (χ3v) is 5.53. The van der Waals surface area contributed by atoms with Crippen LogP contribution < -0.4 is 5.32 Å². The second-order valence-corrected chi connectivity index (χ2v) is 8.35. The van der Waals surface area contributed by atoms with Gasteiger partial charge in [0.15, 0.2) is 9.84 Å². The van der Waals surface area contributed by atoms with Crippen LogP contribution in [0.15, 0.2) is 22.7 Å². The Kier molecular flexibility index (Phi) is 6.61. The molecule has 1 rings (SSSR count). The Morgan fingerprint density at radius 3 is 2.55 bits per heavy atom. The zero-order valence-electron chi connectivity index (χ0n) is 12.0. The predicted octanol–water partition coefficient (Wildman–Crippen LogP) is 2.93. The first-order chi connectivity index (χ1) is 9.25. The van der Waals surface area contributed by atoms with Gasteiger partial charge in [0.1, 0.15) is 5.82 Å². The lowest BCUT2D eigenvalue weighted by Gasteiger charge is -2.24. The molecule has 0 fully saturated rings. The molecule has 0 spiro atoms. The first-order valence-electron chi connectivity index (χ1n) is 6.62. The van der Waals surface area contributed by atoms with Crippen LogP contribution >= 0.6 is 15.9 Å². The molecule has 1 aromatic carbocycles. The number of benzene rings is 1. The van der Waals surface area contributed by atoms with Gasteiger partial charge in [0.25, 0.3) is 0 Å². The molecule has 0 aliphatic heterocycles. The van der Waals surface area contributed by atoms with Crippen LogP contribution in [0.3, 0.4) is 0 Å². The molecule has 114 valence electrons. The van der Waals surface area contributed by atoms with Crippen molar-refractivity contribution in [2.45, 2.75) is 38.0 Å². The summed E-state index contributed by atoms with van der Waals surface area (Å²) in [7, 11) is -3.17. The van der Waals surface area contributed by atoms with Crippen LogP contribution in [0.4, 0.5) is 4.39 Å². The Balaban J connectivity index is 2.94. The molecule has 2 unspecified atom stereocenters. The summed E-state index contributed by atoms with van der Waals surface area (Å²) in [6.07, 6.45) is 2.47. The summed E-state index contributed by atoms with van der Waals surface area (Å²) in [5, 5.41) is 2.65. The topological polar surface area (TPSA) is 46.2 Å². The van der Waals surface area contributed by atoms with Crippen LogP contribution in [0.5, 0.6) is 0 Å². The molecular formula is C14H21BrFNO2S. The van der Waals surface area contributed by atoms with E-state index in [2.05, 4.69) is 21.2 Å². The molecule has 0 amide bonds. The normalized spacial score (nSPS) is 15.1. The van der Waals surface area contributed by atoms with Gasteiger partial charge in [-0.3, -0.25) is 0 Å². The molecule has 1 N–H and O–H groups in total. The summed E-state index contributed by atoms with van der Waals surface area (Å²) in [5.41, 5.74) is 0.525. The van der Waals surface area contributed by atoms with Gasteiger partial charge < -0.3 is 5.32 Å². The molecule has 0 aliphatic rings. The third-order valence-electron chi connectivity index (χ3n) is 3.35. The summed E-state index contributed by atoms with van der Waals surface area (Å²) in [6.45, 7) is 4.39. The van der Waals surface area contributed by atoms with Crippen molar-refractivity contribution in [1.29, 1.82) is 0 Å². The predicted molar refractivity (Wildman–Crippen MR) is 84.2 cm³/mol. The van der Waals surface area contributed by atoms with Crippen LogP contribution in [0.1, 0.15) is 25.8 Å². The summed E-state index contributed by atoms with van der Waals surface area (Å²) in [6, 6.07) is 4.56. The SMILES string of the molecule is CCCNC(Cc1ccc(Br)cc1F)C(C)S(C)(=O)=O.